The number of ether oxygens (including phenoxy) is 1. The lowest BCUT2D eigenvalue weighted by molar-refractivity contribution is 0.415. The molecule has 0 saturated heterocycles. The molecular formula is C10H8INO2. The number of aromatic nitrogens is 1. The first-order chi connectivity index (χ1) is 6.72. The molecule has 0 aliphatic heterocycles. The van der Waals surface area contributed by atoms with E-state index in [2.05, 4.69) is 4.98 Å². The normalized spacial score (nSPS) is 10.4. The number of benzene rings is 1. The smallest absolute Gasteiger partial charge is 0.139 e. The Hall–Kier alpha value is -1.04. The molecular weight excluding hydrogens is 293 g/mol. The van der Waals surface area contributed by atoms with Gasteiger partial charge in [0.05, 0.1) is 16.2 Å². The Morgan fingerprint density at radius 2 is 2.21 bits per heavy atom. The SMILES string of the molecule is COc1ccc2c(O)c(I)cnc2c1. The molecule has 0 bridgehead atoms. The lowest BCUT2D eigenvalue weighted by atomic mass is 10.2. The topological polar surface area (TPSA) is 42.4 Å². The van der Waals surface area contributed by atoms with E-state index in [-0.39, 0.29) is 5.75 Å². The molecule has 0 atom stereocenters. The molecule has 3 nitrogen and oxygen atoms in total. The van der Waals surface area contributed by atoms with Gasteiger partial charge in [-0.2, -0.15) is 0 Å². The van der Waals surface area contributed by atoms with Crippen molar-refractivity contribution in [3.63, 3.8) is 0 Å². The highest BCUT2D eigenvalue weighted by Crippen LogP contribution is 2.29. The Labute approximate surface area is 94.9 Å². The maximum Gasteiger partial charge on any atom is 0.139 e. The second kappa shape index (κ2) is 3.61. The lowest BCUT2D eigenvalue weighted by Crippen LogP contribution is -1.86. The molecule has 0 amide bonds. The lowest BCUT2D eigenvalue weighted by Gasteiger charge is -2.04. The molecule has 0 spiro atoms. The third-order valence-electron chi connectivity index (χ3n) is 2.00. The molecule has 0 unspecified atom stereocenters. The van der Waals surface area contributed by atoms with Crippen LogP contribution in [0, 0.1) is 3.57 Å². The van der Waals surface area contributed by atoms with Gasteiger partial charge in [-0.25, -0.2) is 0 Å². The second-order valence-electron chi connectivity index (χ2n) is 2.84. The molecule has 72 valence electrons. The van der Waals surface area contributed by atoms with Crippen LogP contribution in [0.3, 0.4) is 0 Å². The van der Waals surface area contributed by atoms with E-state index in [1.54, 1.807) is 31.5 Å². The summed E-state index contributed by atoms with van der Waals surface area (Å²) in [5.41, 5.74) is 0.738. The van der Waals surface area contributed by atoms with Crippen LogP contribution < -0.4 is 4.74 Å². The van der Waals surface area contributed by atoms with Crippen molar-refractivity contribution in [3.05, 3.63) is 28.0 Å². The molecule has 4 heteroatoms. The van der Waals surface area contributed by atoms with Crippen LogP contribution in [-0.4, -0.2) is 17.2 Å². The summed E-state index contributed by atoms with van der Waals surface area (Å²) in [4.78, 5) is 4.20. The number of rotatable bonds is 1. The monoisotopic (exact) mass is 301 g/mol. The van der Waals surface area contributed by atoms with Gasteiger partial charge in [-0.05, 0) is 34.7 Å². The molecule has 0 aliphatic carbocycles. The highest BCUT2D eigenvalue weighted by atomic mass is 127. The zero-order chi connectivity index (χ0) is 10.1. The minimum Gasteiger partial charge on any atom is -0.506 e. The van der Waals surface area contributed by atoms with Crippen LogP contribution in [0.5, 0.6) is 11.5 Å². The van der Waals surface area contributed by atoms with Crippen molar-refractivity contribution in [1.29, 1.82) is 0 Å². The first-order valence-electron chi connectivity index (χ1n) is 4.03. The molecule has 0 saturated carbocycles. The average molecular weight is 301 g/mol. The van der Waals surface area contributed by atoms with Crippen molar-refractivity contribution in [2.75, 3.05) is 7.11 Å². The number of hydrogen-bond acceptors (Lipinski definition) is 3. The van der Waals surface area contributed by atoms with Crippen LogP contribution in [0.25, 0.3) is 10.9 Å². The molecule has 1 N–H and O–H groups in total. The summed E-state index contributed by atoms with van der Waals surface area (Å²) in [7, 11) is 1.60. The Bertz CT molecular complexity index is 485. The predicted octanol–water partition coefficient (Wildman–Crippen LogP) is 2.55. The minimum absolute atomic E-state index is 0.276. The van der Waals surface area contributed by atoms with E-state index in [4.69, 9.17) is 4.74 Å². The van der Waals surface area contributed by atoms with Gasteiger partial charge in [0.25, 0.3) is 0 Å². The molecule has 0 aliphatic rings. The number of methoxy groups -OCH3 is 1. The Balaban J connectivity index is 2.74. The van der Waals surface area contributed by atoms with Crippen LogP contribution in [0.4, 0.5) is 0 Å². The van der Waals surface area contributed by atoms with E-state index in [9.17, 15) is 5.11 Å². The van der Waals surface area contributed by atoms with Crippen LogP contribution in [0.15, 0.2) is 24.4 Å². The average Bonchev–Trinajstić information content (AvgIpc) is 2.23. The van der Waals surface area contributed by atoms with Gasteiger partial charge in [0, 0.05) is 17.6 Å². The molecule has 1 aromatic carbocycles. The van der Waals surface area contributed by atoms with Crippen molar-refractivity contribution in [2.24, 2.45) is 0 Å². The standard InChI is InChI=1S/C10H8INO2/c1-14-6-2-3-7-9(4-6)12-5-8(11)10(7)13/h2-5H,1H3,(H,12,13). The van der Waals surface area contributed by atoms with E-state index in [0.29, 0.717) is 0 Å². The van der Waals surface area contributed by atoms with Crippen LogP contribution in [-0.2, 0) is 0 Å². The molecule has 0 radical (unpaired) electrons. The molecule has 2 rings (SSSR count). The van der Waals surface area contributed by atoms with Gasteiger partial charge in [0.2, 0.25) is 0 Å². The van der Waals surface area contributed by atoms with Crippen molar-refractivity contribution in [2.45, 2.75) is 0 Å². The van der Waals surface area contributed by atoms with Crippen LogP contribution >= 0.6 is 22.6 Å². The predicted molar refractivity (Wildman–Crippen MR) is 62.7 cm³/mol. The van der Waals surface area contributed by atoms with Gasteiger partial charge < -0.3 is 9.84 Å². The fourth-order valence-corrected chi connectivity index (χ4v) is 1.69. The van der Waals surface area contributed by atoms with Gasteiger partial charge >= 0.3 is 0 Å². The number of nitrogens with zero attached hydrogens (tertiary/aromatic N) is 1. The largest absolute Gasteiger partial charge is 0.506 e. The summed E-state index contributed by atoms with van der Waals surface area (Å²) >= 11 is 2.05. The summed E-state index contributed by atoms with van der Waals surface area (Å²) in [5, 5.41) is 10.5. The number of halogens is 1. The summed E-state index contributed by atoms with van der Waals surface area (Å²) in [6.45, 7) is 0. The maximum absolute atomic E-state index is 9.73. The summed E-state index contributed by atoms with van der Waals surface area (Å²) in [6.07, 6.45) is 1.64. The molecule has 14 heavy (non-hydrogen) atoms. The molecule has 1 aromatic heterocycles. The molecule has 1 heterocycles. The molecule has 0 fully saturated rings. The van der Waals surface area contributed by atoms with Crippen molar-refractivity contribution in [3.8, 4) is 11.5 Å². The third-order valence-corrected chi connectivity index (χ3v) is 2.79. The van der Waals surface area contributed by atoms with Crippen molar-refractivity contribution in [1.82, 2.24) is 4.98 Å². The maximum atomic E-state index is 9.73. The number of hydrogen-bond donors (Lipinski definition) is 1. The fourth-order valence-electron chi connectivity index (χ4n) is 1.26. The number of pyridine rings is 1. The highest BCUT2D eigenvalue weighted by Gasteiger charge is 2.05. The second-order valence-corrected chi connectivity index (χ2v) is 4.00. The van der Waals surface area contributed by atoms with Gasteiger partial charge in [-0.1, -0.05) is 0 Å². The highest BCUT2D eigenvalue weighted by molar-refractivity contribution is 14.1. The van der Waals surface area contributed by atoms with Crippen LogP contribution in [0.2, 0.25) is 0 Å². The van der Waals surface area contributed by atoms with Gasteiger partial charge in [0.15, 0.2) is 0 Å². The van der Waals surface area contributed by atoms with Gasteiger partial charge in [0.1, 0.15) is 11.5 Å². The molecule has 2 aromatic rings. The van der Waals surface area contributed by atoms with Crippen LogP contribution in [0.1, 0.15) is 0 Å². The first-order valence-corrected chi connectivity index (χ1v) is 5.11. The van der Waals surface area contributed by atoms with E-state index in [1.807, 2.05) is 22.6 Å². The Morgan fingerprint density at radius 1 is 1.43 bits per heavy atom. The van der Waals surface area contributed by atoms with E-state index in [1.165, 1.54) is 0 Å². The quantitative estimate of drug-likeness (QED) is 0.823. The van der Waals surface area contributed by atoms with E-state index < -0.39 is 0 Å². The van der Waals surface area contributed by atoms with Gasteiger partial charge in [-0.15, -0.1) is 0 Å². The fraction of sp³-hybridized carbons (Fsp3) is 0.100. The Kier molecular flexibility index (Phi) is 2.45. The van der Waals surface area contributed by atoms with Crippen molar-refractivity contribution >= 4 is 33.5 Å². The number of aromatic hydroxyl groups is 1. The minimum atomic E-state index is 0.276. The third kappa shape index (κ3) is 1.50. The van der Waals surface area contributed by atoms with Crippen molar-refractivity contribution < 1.29 is 9.84 Å². The zero-order valence-corrected chi connectivity index (χ0v) is 9.65. The zero-order valence-electron chi connectivity index (χ0n) is 7.49. The summed E-state index contributed by atoms with van der Waals surface area (Å²) in [6, 6.07) is 5.41. The number of fused-ring (bicyclic) bond motifs is 1. The summed E-state index contributed by atoms with van der Waals surface area (Å²) < 4.78 is 5.82. The van der Waals surface area contributed by atoms with Gasteiger partial charge in [-0.3, -0.25) is 4.98 Å². The van der Waals surface area contributed by atoms with E-state index in [0.717, 1.165) is 20.2 Å². The van der Waals surface area contributed by atoms with E-state index >= 15 is 0 Å². The Morgan fingerprint density at radius 3 is 2.93 bits per heavy atom. The first kappa shape index (κ1) is 9.51. The summed E-state index contributed by atoms with van der Waals surface area (Å²) in [5.74, 6) is 1.02.